The molecule has 1 N–H and O–H groups in total. The summed E-state index contributed by atoms with van der Waals surface area (Å²) in [6.07, 6.45) is 2.74. The first kappa shape index (κ1) is 14.7. The number of ether oxygens (including phenoxy) is 1. The molecule has 0 spiro atoms. The number of ketones is 1. The highest BCUT2D eigenvalue weighted by molar-refractivity contribution is 5.82. The third-order valence-electron chi connectivity index (χ3n) is 3.27. The van der Waals surface area contributed by atoms with Crippen molar-refractivity contribution in [1.82, 2.24) is 5.32 Å². The number of nitrogens with one attached hydrogen (secondary N) is 1. The van der Waals surface area contributed by atoms with Crippen molar-refractivity contribution >= 4 is 5.78 Å². The van der Waals surface area contributed by atoms with Gasteiger partial charge in [-0.1, -0.05) is 27.7 Å². The summed E-state index contributed by atoms with van der Waals surface area (Å²) >= 11 is 0. The maximum atomic E-state index is 12.1. The topological polar surface area (TPSA) is 38.3 Å². The molecule has 3 nitrogen and oxygen atoms in total. The maximum absolute atomic E-state index is 12.1. The van der Waals surface area contributed by atoms with Crippen LogP contribution in [0, 0.1) is 11.3 Å². The van der Waals surface area contributed by atoms with Crippen LogP contribution in [0.25, 0.3) is 0 Å². The van der Waals surface area contributed by atoms with Crippen LogP contribution in [-0.2, 0) is 9.53 Å². The SMILES string of the molecule is CCCNC1COCC1C(=O)CCC(C)(C)C. The minimum absolute atomic E-state index is 0.0731. The average molecular weight is 241 g/mol. The fourth-order valence-corrected chi connectivity index (χ4v) is 2.09. The van der Waals surface area contributed by atoms with Gasteiger partial charge in [-0.25, -0.2) is 0 Å². The lowest BCUT2D eigenvalue weighted by Crippen LogP contribution is -2.39. The largest absolute Gasteiger partial charge is 0.379 e. The van der Waals surface area contributed by atoms with E-state index in [9.17, 15) is 4.79 Å². The lowest BCUT2D eigenvalue weighted by molar-refractivity contribution is -0.123. The van der Waals surface area contributed by atoms with Crippen LogP contribution in [0.15, 0.2) is 0 Å². The van der Waals surface area contributed by atoms with Crippen LogP contribution < -0.4 is 5.32 Å². The lowest BCUT2D eigenvalue weighted by Gasteiger charge is -2.21. The molecule has 2 atom stereocenters. The van der Waals surface area contributed by atoms with Gasteiger partial charge in [0.05, 0.1) is 19.1 Å². The fraction of sp³-hybridized carbons (Fsp3) is 0.929. The molecule has 0 saturated carbocycles. The molecule has 1 aliphatic heterocycles. The van der Waals surface area contributed by atoms with Gasteiger partial charge in [0.2, 0.25) is 0 Å². The minimum atomic E-state index is 0.0731. The number of carbonyl (C=O) groups excluding carboxylic acids is 1. The Morgan fingerprint density at radius 2 is 2.06 bits per heavy atom. The maximum Gasteiger partial charge on any atom is 0.139 e. The van der Waals surface area contributed by atoms with Crippen molar-refractivity contribution in [2.45, 2.75) is 53.0 Å². The monoisotopic (exact) mass is 241 g/mol. The van der Waals surface area contributed by atoms with E-state index in [1.807, 2.05) is 0 Å². The quantitative estimate of drug-likeness (QED) is 0.776. The summed E-state index contributed by atoms with van der Waals surface area (Å²) in [5.41, 5.74) is 0.238. The average Bonchev–Trinajstić information content (AvgIpc) is 2.70. The van der Waals surface area contributed by atoms with Crippen LogP contribution in [0.1, 0.15) is 47.0 Å². The molecule has 1 rings (SSSR count). The van der Waals surface area contributed by atoms with Crippen molar-refractivity contribution in [2.24, 2.45) is 11.3 Å². The molecule has 1 fully saturated rings. The Morgan fingerprint density at radius 1 is 1.35 bits per heavy atom. The van der Waals surface area contributed by atoms with Gasteiger partial charge in [-0.15, -0.1) is 0 Å². The molecule has 0 radical (unpaired) electrons. The molecule has 1 saturated heterocycles. The highest BCUT2D eigenvalue weighted by Crippen LogP contribution is 2.24. The molecule has 17 heavy (non-hydrogen) atoms. The van der Waals surface area contributed by atoms with Crippen LogP contribution in [-0.4, -0.2) is 31.6 Å². The van der Waals surface area contributed by atoms with Crippen molar-refractivity contribution in [2.75, 3.05) is 19.8 Å². The van der Waals surface area contributed by atoms with Gasteiger partial charge in [0.15, 0.2) is 0 Å². The Kier molecular flexibility index (Phi) is 5.60. The first-order chi connectivity index (χ1) is 7.94. The lowest BCUT2D eigenvalue weighted by atomic mass is 9.86. The minimum Gasteiger partial charge on any atom is -0.379 e. The second-order valence-electron chi connectivity index (χ2n) is 6.23. The van der Waals surface area contributed by atoms with E-state index < -0.39 is 0 Å². The van der Waals surface area contributed by atoms with E-state index in [0.717, 1.165) is 19.4 Å². The van der Waals surface area contributed by atoms with Crippen molar-refractivity contribution in [3.8, 4) is 0 Å². The first-order valence-corrected chi connectivity index (χ1v) is 6.78. The van der Waals surface area contributed by atoms with Crippen molar-refractivity contribution in [3.05, 3.63) is 0 Å². The van der Waals surface area contributed by atoms with Gasteiger partial charge in [-0.3, -0.25) is 4.79 Å². The van der Waals surface area contributed by atoms with Gasteiger partial charge in [0, 0.05) is 12.5 Å². The predicted molar refractivity (Wildman–Crippen MR) is 70.1 cm³/mol. The number of hydrogen-bond acceptors (Lipinski definition) is 3. The number of Topliss-reactive ketones (excluding diaryl/α,β-unsaturated/α-hetero) is 1. The fourth-order valence-electron chi connectivity index (χ4n) is 2.09. The molecule has 0 bridgehead atoms. The molecule has 0 aromatic heterocycles. The Bertz CT molecular complexity index is 245. The summed E-state index contributed by atoms with van der Waals surface area (Å²) in [6.45, 7) is 10.9. The van der Waals surface area contributed by atoms with Gasteiger partial charge in [-0.2, -0.15) is 0 Å². The van der Waals surface area contributed by atoms with E-state index >= 15 is 0 Å². The highest BCUT2D eigenvalue weighted by Gasteiger charge is 2.33. The molecule has 0 aromatic carbocycles. The van der Waals surface area contributed by atoms with Crippen LogP contribution in [0.2, 0.25) is 0 Å². The Hall–Kier alpha value is -0.410. The molecule has 100 valence electrons. The van der Waals surface area contributed by atoms with Crippen LogP contribution in [0.5, 0.6) is 0 Å². The van der Waals surface area contributed by atoms with Crippen LogP contribution in [0.4, 0.5) is 0 Å². The molecule has 0 aliphatic carbocycles. The van der Waals surface area contributed by atoms with Crippen molar-refractivity contribution < 1.29 is 9.53 Å². The second kappa shape index (κ2) is 6.50. The Morgan fingerprint density at radius 3 is 2.65 bits per heavy atom. The molecular formula is C14H27NO2. The molecule has 1 aliphatic rings. The summed E-state index contributed by atoms with van der Waals surface area (Å²) in [6, 6.07) is 0.238. The van der Waals surface area contributed by atoms with E-state index in [-0.39, 0.29) is 17.4 Å². The van der Waals surface area contributed by atoms with E-state index in [0.29, 0.717) is 25.4 Å². The summed E-state index contributed by atoms with van der Waals surface area (Å²) in [5, 5.41) is 3.41. The van der Waals surface area contributed by atoms with Crippen molar-refractivity contribution in [1.29, 1.82) is 0 Å². The predicted octanol–water partition coefficient (Wildman–Crippen LogP) is 2.40. The summed E-state index contributed by atoms with van der Waals surface area (Å²) < 4.78 is 5.44. The smallest absolute Gasteiger partial charge is 0.139 e. The summed E-state index contributed by atoms with van der Waals surface area (Å²) in [5.74, 6) is 0.440. The summed E-state index contributed by atoms with van der Waals surface area (Å²) in [4.78, 5) is 12.1. The molecular weight excluding hydrogens is 214 g/mol. The Balaban J connectivity index is 2.39. The van der Waals surface area contributed by atoms with Gasteiger partial charge in [0.25, 0.3) is 0 Å². The third-order valence-corrected chi connectivity index (χ3v) is 3.27. The Labute approximate surface area is 105 Å². The molecule has 3 heteroatoms. The number of carbonyl (C=O) groups is 1. The standard InChI is InChI=1S/C14H27NO2/c1-5-8-15-12-10-17-9-11(12)13(16)6-7-14(2,3)4/h11-12,15H,5-10H2,1-4H3. The van der Waals surface area contributed by atoms with E-state index in [1.165, 1.54) is 0 Å². The van der Waals surface area contributed by atoms with Gasteiger partial charge in [-0.05, 0) is 24.8 Å². The van der Waals surface area contributed by atoms with E-state index in [2.05, 4.69) is 33.0 Å². The van der Waals surface area contributed by atoms with Crippen molar-refractivity contribution in [3.63, 3.8) is 0 Å². The molecule has 0 amide bonds. The third kappa shape index (κ3) is 5.17. The van der Waals surface area contributed by atoms with Gasteiger partial charge in [0.1, 0.15) is 5.78 Å². The van der Waals surface area contributed by atoms with Crippen LogP contribution in [0.3, 0.4) is 0 Å². The van der Waals surface area contributed by atoms with Gasteiger partial charge >= 0.3 is 0 Å². The molecule has 0 aromatic rings. The number of hydrogen-bond donors (Lipinski definition) is 1. The summed E-state index contributed by atoms with van der Waals surface area (Å²) in [7, 11) is 0. The van der Waals surface area contributed by atoms with Gasteiger partial charge < -0.3 is 10.1 Å². The molecule has 2 unspecified atom stereocenters. The first-order valence-electron chi connectivity index (χ1n) is 6.78. The zero-order valence-electron chi connectivity index (χ0n) is 11.7. The zero-order valence-corrected chi connectivity index (χ0v) is 11.7. The highest BCUT2D eigenvalue weighted by atomic mass is 16.5. The van der Waals surface area contributed by atoms with E-state index in [4.69, 9.17) is 4.74 Å². The zero-order chi connectivity index (χ0) is 12.9. The normalized spacial score (nSPS) is 25.2. The number of rotatable bonds is 6. The van der Waals surface area contributed by atoms with Crippen LogP contribution >= 0.6 is 0 Å². The molecule has 1 heterocycles. The second-order valence-corrected chi connectivity index (χ2v) is 6.23. The van der Waals surface area contributed by atoms with E-state index in [1.54, 1.807) is 0 Å².